The van der Waals surface area contributed by atoms with E-state index in [9.17, 15) is 0 Å². The summed E-state index contributed by atoms with van der Waals surface area (Å²) in [6.45, 7) is 0. The summed E-state index contributed by atoms with van der Waals surface area (Å²) in [6, 6.07) is 84.8. The predicted octanol–water partition coefficient (Wildman–Crippen LogP) is 15.3. The summed E-state index contributed by atoms with van der Waals surface area (Å²) in [6.07, 6.45) is 0. The zero-order chi connectivity index (χ0) is 38.9. The second-order valence-electron chi connectivity index (χ2n) is 15.6. The third-order valence-electron chi connectivity index (χ3n) is 12.6. The van der Waals surface area contributed by atoms with Gasteiger partial charge >= 0.3 is 0 Å². The van der Waals surface area contributed by atoms with Crippen molar-refractivity contribution < 1.29 is 0 Å². The molecule has 1 atom stereocenters. The van der Waals surface area contributed by atoms with Crippen molar-refractivity contribution in [3.63, 3.8) is 0 Å². The topological polar surface area (TPSA) is 6.48 Å². The van der Waals surface area contributed by atoms with Crippen molar-refractivity contribution in [3.05, 3.63) is 253 Å². The molecule has 2 heteroatoms. The van der Waals surface area contributed by atoms with Gasteiger partial charge in [0.2, 0.25) is 0 Å². The van der Waals surface area contributed by atoms with Gasteiger partial charge in [-0.3, -0.25) is 0 Å². The van der Waals surface area contributed by atoms with Crippen molar-refractivity contribution >= 4 is 55.7 Å². The summed E-state index contributed by atoms with van der Waals surface area (Å²) >= 11 is 0. The van der Waals surface area contributed by atoms with Gasteiger partial charge in [-0.2, -0.15) is 0 Å². The van der Waals surface area contributed by atoms with E-state index in [4.69, 9.17) is 0 Å². The van der Waals surface area contributed by atoms with Crippen LogP contribution in [0.4, 0.5) is 34.1 Å². The standard InChI is InChI=1S/C57H38N2/c1-4-22-41(23-5-1)58(42-24-6-2-7-25-42)54-37-40-20-11-13-29-46(40)56-55(54)49-31-15-17-33-51(49)57(56)50-32-16-14-30-47(50)48-36-35-44(38-52(48)57)59(43-26-8-3-9-27-43)53-34-18-21-39-19-10-12-28-45(39)53/h1-38H. The second-order valence-corrected chi connectivity index (χ2v) is 15.6. The normalized spacial score (nSPS) is 14.5. The van der Waals surface area contributed by atoms with Crippen molar-refractivity contribution in [2.75, 3.05) is 9.80 Å². The van der Waals surface area contributed by atoms with Crippen LogP contribution >= 0.6 is 0 Å². The predicted molar refractivity (Wildman–Crippen MR) is 247 cm³/mol. The molecule has 276 valence electrons. The molecular formula is C57H38N2. The lowest BCUT2D eigenvalue weighted by Crippen LogP contribution is -2.27. The lowest BCUT2D eigenvalue weighted by atomic mass is 9.69. The van der Waals surface area contributed by atoms with E-state index in [1.807, 2.05) is 0 Å². The maximum Gasteiger partial charge on any atom is 0.0733 e. The van der Waals surface area contributed by atoms with Crippen molar-refractivity contribution in [1.82, 2.24) is 0 Å². The van der Waals surface area contributed by atoms with Gasteiger partial charge in [0, 0.05) is 33.7 Å². The highest BCUT2D eigenvalue weighted by molar-refractivity contribution is 6.10. The zero-order valence-electron chi connectivity index (χ0n) is 32.3. The average molecular weight is 751 g/mol. The fraction of sp³-hybridized carbons (Fsp3) is 0.0175. The third kappa shape index (κ3) is 4.87. The molecule has 1 spiro atoms. The molecule has 0 bridgehead atoms. The first-order chi connectivity index (χ1) is 29.3. The number of hydrogen-bond acceptors (Lipinski definition) is 2. The molecule has 10 aromatic rings. The Morgan fingerprint density at radius 1 is 0.288 bits per heavy atom. The van der Waals surface area contributed by atoms with Gasteiger partial charge in [0.05, 0.1) is 16.8 Å². The molecule has 59 heavy (non-hydrogen) atoms. The minimum absolute atomic E-state index is 0.594. The first kappa shape index (κ1) is 33.5. The highest BCUT2D eigenvalue weighted by Crippen LogP contribution is 2.66. The van der Waals surface area contributed by atoms with Crippen LogP contribution in [0.2, 0.25) is 0 Å². The Balaban J connectivity index is 1.21. The van der Waals surface area contributed by atoms with Gasteiger partial charge in [-0.1, -0.05) is 170 Å². The first-order valence-electron chi connectivity index (χ1n) is 20.4. The number of hydrogen-bond donors (Lipinski definition) is 0. The van der Waals surface area contributed by atoms with Gasteiger partial charge in [0.25, 0.3) is 0 Å². The highest BCUT2D eigenvalue weighted by atomic mass is 15.2. The summed E-state index contributed by atoms with van der Waals surface area (Å²) in [7, 11) is 0. The monoisotopic (exact) mass is 750 g/mol. The van der Waals surface area contributed by atoms with E-state index in [2.05, 4.69) is 240 Å². The van der Waals surface area contributed by atoms with E-state index in [1.165, 1.54) is 71.7 Å². The number of benzene rings is 10. The van der Waals surface area contributed by atoms with Gasteiger partial charge in [-0.25, -0.2) is 0 Å². The molecule has 0 saturated carbocycles. The summed E-state index contributed by atoms with van der Waals surface area (Å²) in [5, 5.41) is 4.92. The second kappa shape index (κ2) is 13.2. The Labute approximate surface area is 344 Å². The van der Waals surface area contributed by atoms with Crippen LogP contribution in [0.3, 0.4) is 0 Å². The number of fused-ring (bicyclic) bond motifs is 13. The Bertz CT molecular complexity index is 3180. The Morgan fingerprint density at radius 3 is 1.46 bits per heavy atom. The highest BCUT2D eigenvalue weighted by Gasteiger charge is 2.53. The van der Waals surface area contributed by atoms with Crippen LogP contribution < -0.4 is 9.80 Å². The van der Waals surface area contributed by atoms with Crippen LogP contribution in [0.5, 0.6) is 0 Å². The third-order valence-corrected chi connectivity index (χ3v) is 12.6. The van der Waals surface area contributed by atoms with Crippen molar-refractivity contribution in [1.29, 1.82) is 0 Å². The number of anilines is 6. The smallest absolute Gasteiger partial charge is 0.0733 e. The molecule has 0 radical (unpaired) electrons. The molecule has 10 aromatic carbocycles. The Kier molecular flexibility index (Phi) is 7.48. The van der Waals surface area contributed by atoms with E-state index in [0.717, 1.165) is 28.4 Å². The summed E-state index contributed by atoms with van der Waals surface area (Å²) < 4.78 is 0. The van der Waals surface area contributed by atoms with Crippen LogP contribution in [-0.2, 0) is 5.41 Å². The van der Waals surface area contributed by atoms with Crippen molar-refractivity contribution in [3.8, 4) is 22.3 Å². The minimum Gasteiger partial charge on any atom is -0.310 e. The van der Waals surface area contributed by atoms with Crippen LogP contribution in [0.25, 0.3) is 43.8 Å². The molecule has 0 saturated heterocycles. The molecular weight excluding hydrogens is 713 g/mol. The maximum atomic E-state index is 2.50. The van der Waals surface area contributed by atoms with Crippen LogP contribution in [0.1, 0.15) is 22.3 Å². The van der Waals surface area contributed by atoms with Gasteiger partial charge in [-0.05, 0) is 116 Å². The van der Waals surface area contributed by atoms with Crippen LogP contribution in [0, 0.1) is 0 Å². The zero-order valence-corrected chi connectivity index (χ0v) is 32.3. The summed E-state index contributed by atoms with van der Waals surface area (Å²) in [5.74, 6) is 0. The number of rotatable bonds is 6. The SMILES string of the molecule is c1ccc(N(c2ccccc2)c2cc3ccccc3c3c2-c2ccccc2C32c3ccccc3-c3ccc(N(c4ccccc4)c4cccc5ccccc45)cc32)cc1. The molecule has 0 aliphatic heterocycles. The first-order valence-corrected chi connectivity index (χ1v) is 20.4. The maximum absolute atomic E-state index is 2.50. The molecule has 0 fully saturated rings. The number of para-hydroxylation sites is 3. The van der Waals surface area contributed by atoms with Crippen molar-refractivity contribution in [2.45, 2.75) is 5.41 Å². The number of nitrogens with zero attached hydrogens (tertiary/aromatic N) is 2. The van der Waals surface area contributed by atoms with Gasteiger partial charge < -0.3 is 9.80 Å². The molecule has 0 heterocycles. The summed E-state index contributed by atoms with van der Waals surface area (Å²) in [5.41, 5.74) is 16.6. The van der Waals surface area contributed by atoms with E-state index in [0.29, 0.717) is 0 Å². The minimum atomic E-state index is -0.594. The van der Waals surface area contributed by atoms with E-state index in [-0.39, 0.29) is 0 Å². The Hall–Kier alpha value is -7.68. The van der Waals surface area contributed by atoms with Gasteiger partial charge in [-0.15, -0.1) is 0 Å². The molecule has 2 aliphatic rings. The molecule has 2 nitrogen and oxygen atoms in total. The molecule has 12 rings (SSSR count). The fourth-order valence-corrected chi connectivity index (χ4v) is 10.3. The molecule has 0 N–H and O–H groups in total. The Morgan fingerprint density at radius 2 is 0.780 bits per heavy atom. The van der Waals surface area contributed by atoms with Crippen molar-refractivity contribution in [2.24, 2.45) is 0 Å². The van der Waals surface area contributed by atoms with E-state index >= 15 is 0 Å². The molecule has 1 unspecified atom stereocenters. The van der Waals surface area contributed by atoms with E-state index < -0.39 is 5.41 Å². The van der Waals surface area contributed by atoms with Gasteiger partial charge in [0.15, 0.2) is 0 Å². The van der Waals surface area contributed by atoms with E-state index in [1.54, 1.807) is 0 Å². The fourth-order valence-electron chi connectivity index (χ4n) is 10.3. The quantitative estimate of drug-likeness (QED) is 0.167. The van der Waals surface area contributed by atoms with Crippen LogP contribution in [-0.4, -0.2) is 0 Å². The largest absolute Gasteiger partial charge is 0.310 e. The van der Waals surface area contributed by atoms with Crippen LogP contribution in [0.15, 0.2) is 231 Å². The molecule has 2 aliphatic carbocycles. The average Bonchev–Trinajstić information content (AvgIpc) is 3.78. The lowest BCUT2D eigenvalue weighted by Gasteiger charge is -2.34. The molecule has 0 amide bonds. The van der Waals surface area contributed by atoms with Gasteiger partial charge in [0.1, 0.15) is 0 Å². The summed E-state index contributed by atoms with van der Waals surface area (Å²) in [4.78, 5) is 4.90. The molecule has 0 aromatic heterocycles. The lowest BCUT2D eigenvalue weighted by molar-refractivity contribution is 0.801.